The average Bonchev–Trinajstić information content (AvgIpc) is 3.05. The summed E-state index contributed by atoms with van der Waals surface area (Å²) in [5, 5.41) is 5.74. The summed E-state index contributed by atoms with van der Waals surface area (Å²) in [4.78, 5) is 28.8. The van der Waals surface area contributed by atoms with Crippen molar-refractivity contribution in [3.8, 4) is 0 Å². The molecule has 7 heteroatoms. The molecule has 0 aliphatic rings. The van der Waals surface area contributed by atoms with Crippen molar-refractivity contribution in [1.29, 1.82) is 0 Å². The van der Waals surface area contributed by atoms with Gasteiger partial charge in [-0.1, -0.05) is 31.2 Å². The molecule has 0 spiro atoms. The molecular formula is C22H25FN4O2. The van der Waals surface area contributed by atoms with Crippen LogP contribution in [0.25, 0.3) is 11.0 Å². The fourth-order valence-electron chi connectivity index (χ4n) is 3.12. The zero-order chi connectivity index (χ0) is 20.6. The summed E-state index contributed by atoms with van der Waals surface area (Å²) in [5.41, 5.74) is 2.52. The molecule has 2 N–H and O–H groups in total. The fourth-order valence-corrected chi connectivity index (χ4v) is 3.12. The van der Waals surface area contributed by atoms with Crippen LogP contribution >= 0.6 is 0 Å². The number of rotatable bonds is 9. The van der Waals surface area contributed by atoms with Crippen LogP contribution in [0.3, 0.4) is 0 Å². The molecule has 2 aromatic carbocycles. The molecule has 0 saturated heterocycles. The van der Waals surface area contributed by atoms with Crippen molar-refractivity contribution in [3.05, 3.63) is 65.7 Å². The first-order chi connectivity index (χ1) is 14.1. The second-order valence-electron chi connectivity index (χ2n) is 6.86. The van der Waals surface area contributed by atoms with Crippen LogP contribution < -0.4 is 10.6 Å². The van der Waals surface area contributed by atoms with E-state index in [0.717, 1.165) is 28.8 Å². The molecular weight excluding hydrogens is 371 g/mol. The standard InChI is InChI=1S/C22H25FN4O2/c1-2-5-21(28)24-13-12-20-26-18-6-3-4-7-19(18)27(20)15-22(29)25-14-16-8-10-17(23)11-9-16/h3-4,6-11H,2,5,12-15H2,1H3,(H,24,28)(H,25,29). The Morgan fingerprint density at radius 2 is 1.79 bits per heavy atom. The Bertz CT molecular complexity index is 982. The van der Waals surface area contributed by atoms with Gasteiger partial charge in [-0.2, -0.15) is 0 Å². The normalized spacial score (nSPS) is 10.8. The third-order valence-electron chi connectivity index (χ3n) is 4.59. The van der Waals surface area contributed by atoms with E-state index in [9.17, 15) is 14.0 Å². The van der Waals surface area contributed by atoms with Crippen LogP contribution in [0, 0.1) is 5.82 Å². The SMILES string of the molecule is CCCC(=O)NCCc1nc2ccccc2n1CC(=O)NCc1ccc(F)cc1. The summed E-state index contributed by atoms with van der Waals surface area (Å²) in [7, 11) is 0. The van der Waals surface area contributed by atoms with Crippen LogP contribution in [0.4, 0.5) is 4.39 Å². The van der Waals surface area contributed by atoms with Gasteiger partial charge in [-0.15, -0.1) is 0 Å². The number of amides is 2. The van der Waals surface area contributed by atoms with Crippen molar-refractivity contribution in [2.24, 2.45) is 0 Å². The van der Waals surface area contributed by atoms with Crippen molar-refractivity contribution < 1.29 is 14.0 Å². The summed E-state index contributed by atoms with van der Waals surface area (Å²) in [6.07, 6.45) is 1.84. The molecule has 3 aromatic rings. The molecule has 0 atom stereocenters. The van der Waals surface area contributed by atoms with E-state index in [4.69, 9.17) is 0 Å². The third kappa shape index (κ3) is 5.63. The quantitative estimate of drug-likeness (QED) is 0.584. The molecule has 0 unspecified atom stereocenters. The van der Waals surface area contributed by atoms with E-state index in [1.807, 2.05) is 35.8 Å². The van der Waals surface area contributed by atoms with E-state index in [-0.39, 0.29) is 24.2 Å². The Balaban J connectivity index is 1.67. The maximum atomic E-state index is 13.0. The van der Waals surface area contributed by atoms with Gasteiger partial charge in [0.05, 0.1) is 11.0 Å². The Labute approximate surface area is 169 Å². The molecule has 1 aromatic heterocycles. The summed E-state index contributed by atoms with van der Waals surface area (Å²) in [6.45, 7) is 2.89. The number of nitrogens with one attached hydrogen (secondary N) is 2. The summed E-state index contributed by atoms with van der Waals surface area (Å²) < 4.78 is 14.9. The molecule has 0 aliphatic carbocycles. The smallest absolute Gasteiger partial charge is 0.240 e. The van der Waals surface area contributed by atoms with Gasteiger partial charge in [0.1, 0.15) is 18.2 Å². The number of benzene rings is 2. The second kappa shape index (κ2) is 9.82. The Morgan fingerprint density at radius 3 is 2.55 bits per heavy atom. The summed E-state index contributed by atoms with van der Waals surface area (Å²) in [5.74, 6) is 0.307. The van der Waals surface area contributed by atoms with Gasteiger partial charge in [-0.05, 0) is 36.2 Å². The lowest BCUT2D eigenvalue weighted by Crippen LogP contribution is -2.29. The highest BCUT2D eigenvalue weighted by atomic mass is 19.1. The number of aromatic nitrogens is 2. The first kappa shape index (κ1) is 20.5. The van der Waals surface area contributed by atoms with Crippen LogP contribution in [0.5, 0.6) is 0 Å². The Kier molecular flexibility index (Phi) is 6.94. The maximum Gasteiger partial charge on any atom is 0.240 e. The average molecular weight is 396 g/mol. The van der Waals surface area contributed by atoms with E-state index in [0.29, 0.717) is 25.9 Å². The number of nitrogens with zero attached hydrogens (tertiary/aromatic N) is 2. The minimum absolute atomic E-state index is 0.0206. The van der Waals surface area contributed by atoms with Crippen LogP contribution in [0.1, 0.15) is 31.2 Å². The van der Waals surface area contributed by atoms with Crippen molar-refractivity contribution >= 4 is 22.8 Å². The second-order valence-corrected chi connectivity index (χ2v) is 6.86. The minimum Gasteiger partial charge on any atom is -0.356 e. The van der Waals surface area contributed by atoms with Gasteiger partial charge in [0.2, 0.25) is 11.8 Å². The lowest BCUT2D eigenvalue weighted by atomic mass is 10.2. The monoisotopic (exact) mass is 396 g/mol. The summed E-state index contributed by atoms with van der Waals surface area (Å²) in [6, 6.07) is 13.7. The molecule has 3 rings (SSSR count). The van der Waals surface area contributed by atoms with Gasteiger partial charge >= 0.3 is 0 Å². The van der Waals surface area contributed by atoms with Gasteiger partial charge < -0.3 is 15.2 Å². The van der Waals surface area contributed by atoms with Crippen LogP contribution in [-0.2, 0) is 29.1 Å². The highest BCUT2D eigenvalue weighted by Crippen LogP contribution is 2.16. The molecule has 1 heterocycles. The van der Waals surface area contributed by atoms with Crippen LogP contribution in [0.2, 0.25) is 0 Å². The molecule has 0 bridgehead atoms. The fraction of sp³-hybridized carbons (Fsp3) is 0.318. The number of hydrogen-bond acceptors (Lipinski definition) is 3. The van der Waals surface area contributed by atoms with Gasteiger partial charge in [-0.3, -0.25) is 9.59 Å². The Morgan fingerprint density at radius 1 is 1.03 bits per heavy atom. The molecule has 0 aliphatic heterocycles. The molecule has 0 saturated carbocycles. The number of hydrogen-bond donors (Lipinski definition) is 2. The third-order valence-corrected chi connectivity index (χ3v) is 4.59. The number of halogens is 1. The number of imidazole rings is 1. The van der Waals surface area contributed by atoms with E-state index >= 15 is 0 Å². The topological polar surface area (TPSA) is 76.0 Å². The molecule has 29 heavy (non-hydrogen) atoms. The predicted molar refractivity (Wildman–Crippen MR) is 110 cm³/mol. The zero-order valence-corrected chi connectivity index (χ0v) is 16.5. The van der Waals surface area contributed by atoms with E-state index in [1.54, 1.807) is 12.1 Å². The van der Waals surface area contributed by atoms with Gasteiger partial charge in [-0.25, -0.2) is 9.37 Å². The van der Waals surface area contributed by atoms with Crippen molar-refractivity contribution in [1.82, 2.24) is 20.2 Å². The molecule has 2 amide bonds. The zero-order valence-electron chi connectivity index (χ0n) is 16.5. The van der Waals surface area contributed by atoms with Gasteiger partial charge in [0, 0.05) is 25.9 Å². The number of carbonyl (C=O) groups is 2. The van der Waals surface area contributed by atoms with E-state index in [2.05, 4.69) is 15.6 Å². The van der Waals surface area contributed by atoms with Crippen LogP contribution in [-0.4, -0.2) is 27.9 Å². The Hall–Kier alpha value is -3.22. The molecule has 0 fully saturated rings. The van der Waals surface area contributed by atoms with Crippen LogP contribution in [0.15, 0.2) is 48.5 Å². The van der Waals surface area contributed by atoms with Crippen molar-refractivity contribution in [2.75, 3.05) is 6.54 Å². The molecule has 152 valence electrons. The highest BCUT2D eigenvalue weighted by molar-refractivity contribution is 5.81. The van der Waals surface area contributed by atoms with Gasteiger partial charge in [0.15, 0.2) is 0 Å². The van der Waals surface area contributed by atoms with E-state index < -0.39 is 0 Å². The van der Waals surface area contributed by atoms with Gasteiger partial charge in [0.25, 0.3) is 0 Å². The largest absolute Gasteiger partial charge is 0.356 e. The number of fused-ring (bicyclic) bond motifs is 1. The highest BCUT2D eigenvalue weighted by Gasteiger charge is 2.14. The van der Waals surface area contributed by atoms with E-state index in [1.165, 1.54) is 12.1 Å². The number of para-hydroxylation sites is 2. The molecule has 0 radical (unpaired) electrons. The van der Waals surface area contributed by atoms with Crippen molar-refractivity contribution in [3.63, 3.8) is 0 Å². The molecule has 6 nitrogen and oxygen atoms in total. The predicted octanol–water partition coefficient (Wildman–Crippen LogP) is 2.95. The minimum atomic E-state index is -0.305. The lowest BCUT2D eigenvalue weighted by molar-refractivity contribution is -0.122. The first-order valence-electron chi connectivity index (χ1n) is 9.79. The lowest BCUT2D eigenvalue weighted by Gasteiger charge is -2.11. The number of carbonyl (C=O) groups excluding carboxylic acids is 2. The first-order valence-corrected chi connectivity index (χ1v) is 9.79. The van der Waals surface area contributed by atoms with Crippen molar-refractivity contribution in [2.45, 2.75) is 39.3 Å². The maximum absolute atomic E-state index is 13.0. The summed E-state index contributed by atoms with van der Waals surface area (Å²) >= 11 is 0.